The fourth-order valence-corrected chi connectivity index (χ4v) is 0. The summed E-state index contributed by atoms with van der Waals surface area (Å²) < 4.78 is 36.1. The third-order valence-corrected chi connectivity index (χ3v) is 0.333. The molecular formula is C5H15NaO7S. The predicted octanol–water partition coefficient (Wildman–Crippen LogP) is -4.18. The van der Waals surface area contributed by atoms with Crippen LogP contribution >= 0.6 is 0 Å². The minimum Gasteiger partial charge on any atom is -1.00 e. The van der Waals surface area contributed by atoms with Crippen LogP contribution in [-0.4, -0.2) is 47.9 Å². The maximum Gasteiger partial charge on any atom is 1.00 e. The van der Waals surface area contributed by atoms with Crippen molar-refractivity contribution < 1.29 is 63.8 Å². The first-order chi connectivity index (χ1) is 5.41. The Morgan fingerprint density at radius 3 is 1.57 bits per heavy atom. The van der Waals surface area contributed by atoms with Gasteiger partial charge in [-0.1, -0.05) is 6.08 Å². The summed E-state index contributed by atoms with van der Waals surface area (Å²) in [4.78, 5) is 0. The van der Waals surface area contributed by atoms with Gasteiger partial charge in [0, 0.05) is 0 Å². The van der Waals surface area contributed by atoms with Gasteiger partial charge < -0.3 is 16.7 Å². The van der Waals surface area contributed by atoms with Gasteiger partial charge in [0.2, 0.25) is 0 Å². The summed E-state index contributed by atoms with van der Waals surface area (Å²) in [7, 11) is -4.67. The molecule has 1 heterocycles. The minimum atomic E-state index is -4.67. The summed E-state index contributed by atoms with van der Waals surface area (Å²) in [6.45, 7) is 5.31. The number of hydrogen-bond acceptors (Lipinski definition) is 4. The van der Waals surface area contributed by atoms with Crippen LogP contribution in [0.1, 0.15) is 1.43 Å². The molecule has 1 rings (SSSR count). The van der Waals surface area contributed by atoms with Gasteiger partial charge in [0.05, 0.1) is 19.8 Å². The van der Waals surface area contributed by atoms with Gasteiger partial charge >= 0.3 is 40.0 Å². The molecule has 9 heteroatoms. The Balaban J connectivity index is -0.0000000308. The number of epoxide rings is 1. The average Bonchev–Trinajstić information content (AvgIpc) is 2.67. The van der Waals surface area contributed by atoms with Crippen LogP contribution in [0.4, 0.5) is 0 Å². The van der Waals surface area contributed by atoms with Crippen LogP contribution in [0.3, 0.4) is 0 Å². The van der Waals surface area contributed by atoms with E-state index in [4.69, 9.17) is 22.6 Å². The molecule has 84 valence electrons. The van der Waals surface area contributed by atoms with Gasteiger partial charge in [0.15, 0.2) is 0 Å². The molecule has 0 aromatic heterocycles. The second-order valence-electron chi connectivity index (χ2n) is 1.53. The van der Waals surface area contributed by atoms with Crippen molar-refractivity contribution in [2.45, 2.75) is 0 Å². The van der Waals surface area contributed by atoms with Crippen molar-refractivity contribution in [1.29, 1.82) is 0 Å². The first-order valence-corrected chi connectivity index (χ1v) is 4.31. The topological polar surface area (TPSA) is 139 Å². The summed E-state index contributed by atoms with van der Waals surface area (Å²) in [5.41, 5.74) is 0. The van der Waals surface area contributed by atoms with Crippen LogP contribution in [0.15, 0.2) is 12.7 Å². The van der Waals surface area contributed by atoms with Crippen molar-refractivity contribution in [3.05, 3.63) is 12.7 Å². The van der Waals surface area contributed by atoms with E-state index in [2.05, 4.69) is 11.3 Å². The van der Waals surface area contributed by atoms with Crippen LogP contribution in [0.5, 0.6) is 0 Å². The Kier molecular flexibility index (Phi) is 27.3. The standard InChI is InChI=1S/C3H6O.C2H4O.Na.H2O4S.H2O.H/c1-2-3-4;1-2-3-1;;1-5(2,3)4;;/h2,4H,1,3H2;1-2H2;;(H2,1,2,3,4);1H2;/q;;+1;;;-1. The maximum atomic E-state index is 8.74. The molecule has 0 radical (unpaired) electrons. The molecule has 0 bridgehead atoms. The van der Waals surface area contributed by atoms with Crippen molar-refractivity contribution in [2.24, 2.45) is 0 Å². The van der Waals surface area contributed by atoms with E-state index < -0.39 is 10.4 Å². The Morgan fingerprint density at radius 2 is 1.57 bits per heavy atom. The molecule has 0 atom stereocenters. The van der Waals surface area contributed by atoms with E-state index in [1.165, 1.54) is 6.08 Å². The fourth-order valence-electron chi connectivity index (χ4n) is 0. The molecule has 0 aliphatic carbocycles. The first-order valence-electron chi connectivity index (χ1n) is 2.91. The zero-order valence-corrected chi connectivity index (χ0v) is 10.7. The van der Waals surface area contributed by atoms with E-state index in [-0.39, 0.29) is 43.1 Å². The average molecular weight is 242 g/mol. The van der Waals surface area contributed by atoms with Crippen LogP contribution < -0.4 is 29.6 Å². The van der Waals surface area contributed by atoms with E-state index in [9.17, 15) is 0 Å². The van der Waals surface area contributed by atoms with E-state index in [0.717, 1.165) is 13.2 Å². The fraction of sp³-hybridized carbons (Fsp3) is 0.600. The smallest absolute Gasteiger partial charge is 1.00 e. The van der Waals surface area contributed by atoms with E-state index >= 15 is 0 Å². The van der Waals surface area contributed by atoms with Gasteiger partial charge in [-0.15, -0.1) is 6.58 Å². The molecule has 0 aromatic rings. The van der Waals surface area contributed by atoms with E-state index in [1.54, 1.807) is 0 Å². The number of ether oxygens (including phenoxy) is 1. The number of rotatable bonds is 1. The molecule has 1 aliphatic heterocycles. The van der Waals surface area contributed by atoms with Gasteiger partial charge in [-0.05, 0) is 0 Å². The van der Waals surface area contributed by atoms with Gasteiger partial charge in [0.1, 0.15) is 0 Å². The van der Waals surface area contributed by atoms with Crippen molar-refractivity contribution >= 4 is 10.4 Å². The Morgan fingerprint density at radius 1 is 1.43 bits per heavy atom. The summed E-state index contributed by atoms with van der Waals surface area (Å²) >= 11 is 0. The normalized spacial score (nSPS) is 11.1. The van der Waals surface area contributed by atoms with Crippen molar-refractivity contribution in [3.8, 4) is 0 Å². The zero-order chi connectivity index (χ0) is 10.0. The molecule has 1 fully saturated rings. The van der Waals surface area contributed by atoms with Gasteiger partial charge in [0.25, 0.3) is 0 Å². The van der Waals surface area contributed by atoms with E-state index in [1.807, 2.05) is 0 Å². The van der Waals surface area contributed by atoms with Gasteiger partial charge in [-0.2, -0.15) is 8.42 Å². The second-order valence-corrected chi connectivity index (χ2v) is 2.43. The summed E-state index contributed by atoms with van der Waals surface area (Å²) in [6, 6.07) is 0. The molecule has 5 N–H and O–H groups in total. The Labute approximate surface area is 106 Å². The zero-order valence-electron chi connectivity index (χ0n) is 8.88. The summed E-state index contributed by atoms with van der Waals surface area (Å²) in [5, 5.41) is 7.76. The van der Waals surface area contributed by atoms with Crippen LogP contribution in [0, 0.1) is 0 Å². The van der Waals surface area contributed by atoms with Crippen LogP contribution in [0.2, 0.25) is 0 Å². The molecule has 0 saturated carbocycles. The summed E-state index contributed by atoms with van der Waals surface area (Å²) in [6.07, 6.45) is 1.43. The van der Waals surface area contributed by atoms with Crippen LogP contribution in [0.25, 0.3) is 0 Å². The van der Waals surface area contributed by atoms with Crippen molar-refractivity contribution in [2.75, 3.05) is 19.8 Å². The molecule has 14 heavy (non-hydrogen) atoms. The Hall–Kier alpha value is 0.490. The monoisotopic (exact) mass is 242 g/mol. The molecule has 0 unspecified atom stereocenters. The number of hydrogen-bond donors (Lipinski definition) is 3. The van der Waals surface area contributed by atoms with Crippen LogP contribution in [-0.2, 0) is 15.1 Å². The molecule has 0 spiro atoms. The van der Waals surface area contributed by atoms with E-state index in [0.29, 0.717) is 0 Å². The van der Waals surface area contributed by atoms with Crippen molar-refractivity contribution in [1.82, 2.24) is 0 Å². The molecule has 0 amide bonds. The molecule has 1 saturated heterocycles. The molecule has 1 aliphatic rings. The maximum absolute atomic E-state index is 8.74. The molecule has 7 nitrogen and oxygen atoms in total. The second kappa shape index (κ2) is 15.9. The Bertz CT molecular complexity index is 183. The quantitative estimate of drug-likeness (QED) is 0.184. The molecular weight excluding hydrogens is 227 g/mol. The van der Waals surface area contributed by atoms with Crippen molar-refractivity contribution in [3.63, 3.8) is 0 Å². The third kappa shape index (κ3) is 266. The number of aliphatic hydroxyl groups is 1. The first kappa shape index (κ1) is 24.0. The predicted molar refractivity (Wildman–Crippen MR) is 47.0 cm³/mol. The van der Waals surface area contributed by atoms with Gasteiger partial charge in [-0.3, -0.25) is 9.11 Å². The largest absolute Gasteiger partial charge is 1.00 e. The summed E-state index contributed by atoms with van der Waals surface area (Å²) in [5.74, 6) is 0. The SMILES string of the molecule is C1CO1.C=CCO.O.O=S(=O)(O)O.[H-].[Na+]. The van der Waals surface area contributed by atoms with Gasteiger partial charge in [-0.25, -0.2) is 0 Å². The number of aliphatic hydroxyl groups excluding tert-OH is 1. The third-order valence-electron chi connectivity index (χ3n) is 0.333. The molecule has 0 aromatic carbocycles. The minimum absolute atomic E-state index is 0.